The van der Waals surface area contributed by atoms with E-state index >= 15 is 0 Å². The van der Waals surface area contributed by atoms with Gasteiger partial charge in [-0.2, -0.15) is 11.8 Å². The summed E-state index contributed by atoms with van der Waals surface area (Å²) < 4.78 is 12.3. The molecule has 1 aliphatic rings. The fourth-order valence-corrected chi connectivity index (χ4v) is 7.18. The van der Waals surface area contributed by atoms with Gasteiger partial charge in [-0.1, -0.05) is 37.3 Å². The Bertz CT molecular complexity index is 1150. The topological polar surface area (TPSA) is 35.5 Å². The first-order valence-corrected chi connectivity index (χ1v) is 15.3. The molecule has 0 saturated carbocycles. The van der Waals surface area contributed by atoms with Crippen LogP contribution in [0.1, 0.15) is 48.4 Å². The summed E-state index contributed by atoms with van der Waals surface area (Å²) in [6.07, 6.45) is 4.80. The van der Waals surface area contributed by atoms with Crippen molar-refractivity contribution in [2.75, 3.05) is 12.5 Å². The number of hydrogen-bond acceptors (Lipinski definition) is 6. The SMILES string of the molecule is CSc1ccc(-c2ccc(Cc3cc(C4O[C@H](C)[C@@H](C)[C@H](OC(C)=O)[C@H]4SC)ccc3C)s2)cc1. The van der Waals surface area contributed by atoms with Gasteiger partial charge in [0.2, 0.25) is 0 Å². The van der Waals surface area contributed by atoms with Crippen molar-refractivity contribution < 1.29 is 14.3 Å². The zero-order chi connectivity index (χ0) is 25.1. The Hall–Kier alpha value is -1.73. The molecule has 0 N–H and O–H groups in total. The predicted molar refractivity (Wildman–Crippen MR) is 151 cm³/mol. The number of aryl methyl sites for hydroxylation is 1. The second-order valence-corrected chi connectivity index (χ2v) is 12.3. The molecule has 1 saturated heterocycles. The molecule has 186 valence electrons. The van der Waals surface area contributed by atoms with Gasteiger partial charge in [0.25, 0.3) is 0 Å². The number of benzene rings is 2. The summed E-state index contributed by atoms with van der Waals surface area (Å²) in [6.45, 7) is 7.87. The Morgan fingerprint density at radius 2 is 1.80 bits per heavy atom. The standard InChI is InChI=1S/C29H34O3S3/c1-17-7-8-22(28-29(34-6)27(32-20(4)30)18(2)19(3)31-28)15-23(17)16-25-13-14-26(35-25)21-9-11-24(33-5)12-10-21/h7-15,18-19,27-29H,16H2,1-6H3/t18-,19-,27+,28?,29-/m1/s1. The second-order valence-electron chi connectivity index (χ2n) is 9.25. The maximum Gasteiger partial charge on any atom is 0.302 e. The fraction of sp³-hybridized carbons (Fsp3) is 0.414. The van der Waals surface area contributed by atoms with Crippen LogP contribution in [0.5, 0.6) is 0 Å². The molecule has 1 unspecified atom stereocenters. The van der Waals surface area contributed by atoms with Gasteiger partial charge in [-0.25, -0.2) is 0 Å². The molecule has 3 nitrogen and oxygen atoms in total. The molecule has 0 bridgehead atoms. The highest BCUT2D eigenvalue weighted by molar-refractivity contribution is 7.99. The van der Waals surface area contributed by atoms with E-state index in [4.69, 9.17) is 9.47 Å². The minimum absolute atomic E-state index is 0.00912. The lowest BCUT2D eigenvalue weighted by Gasteiger charge is -2.44. The molecule has 3 aromatic rings. The molecule has 2 heterocycles. The van der Waals surface area contributed by atoms with Gasteiger partial charge in [-0.15, -0.1) is 23.1 Å². The first-order valence-electron chi connectivity index (χ1n) is 12.0. The third-order valence-electron chi connectivity index (χ3n) is 6.92. The summed E-state index contributed by atoms with van der Waals surface area (Å²) in [5, 5.41) is 0.0539. The van der Waals surface area contributed by atoms with Crippen molar-refractivity contribution in [2.45, 2.75) is 62.6 Å². The van der Waals surface area contributed by atoms with Gasteiger partial charge in [0, 0.05) is 33.9 Å². The summed E-state index contributed by atoms with van der Waals surface area (Å²) in [4.78, 5) is 15.8. The molecule has 0 radical (unpaired) electrons. The summed E-state index contributed by atoms with van der Waals surface area (Å²) in [6, 6.07) is 19.9. The quantitative estimate of drug-likeness (QED) is 0.232. The number of ether oxygens (including phenoxy) is 2. The molecule has 35 heavy (non-hydrogen) atoms. The van der Waals surface area contributed by atoms with E-state index < -0.39 is 0 Å². The molecule has 0 spiro atoms. The zero-order valence-electron chi connectivity index (χ0n) is 21.2. The van der Waals surface area contributed by atoms with E-state index in [0.717, 1.165) is 12.0 Å². The minimum atomic E-state index is -0.227. The smallest absolute Gasteiger partial charge is 0.302 e. The van der Waals surface area contributed by atoms with Crippen molar-refractivity contribution in [2.24, 2.45) is 5.92 Å². The van der Waals surface area contributed by atoms with E-state index in [2.05, 4.69) is 87.9 Å². The second kappa shape index (κ2) is 11.5. The van der Waals surface area contributed by atoms with E-state index in [9.17, 15) is 4.79 Å². The van der Waals surface area contributed by atoms with Crippen molar-refractivity contribution >= 4 is 40.8 Å². The van der Waals surface area contributed by atoms with Crippen LogP contribution in [-0.4, -0.2) is 35.9 Å². The molecule has 1 fully saturated rings. The van der Waals surface area contributed by atoms with Crippen LogP contribution in [-0.2, 0) is 20.7 Å². The Kier molecular flexibility index (Phi) is 8.69. The predicted octanol–water partition coefficient (Wildman–Crippen LogP) is 7.80. The van der Waals surface area contributed by atoms with Gasteiger partial charge in [-0.3, -0.25) is 4.79 Å². The Morgan fingerprint density at radius 3 is 2.46 bits per heavy atom. The molecule has 5 atom stereocenters. The number of esters is 1. The lowest BCUT2D eigenvalue weighted by molar-refractivity contribution is -0.168. The minimum Gasteiger partial charge on any atom is -0.461 e. The first kappa shape index (κ1) is 26.3. The number of thioether (sulfide) groups is 2. The average molecular weight is 527 g/mol. The lowest BCUT2D eigenvalue weighted by atomic mass is 9.87. The van der Waals surface area contributed by atoms with Crippen LogP contribution in [0, 0.1) is 12.8 Å². The third kappa shape index (κ3) is 5.99. The van der Waals surface area contributed by atoms with Crippen molar-refractivity contribution in [3.63, 3.8) is 0 Å². The van der Waals surface area contributed by atoms with E-state index in [-0.39, 0.29) is 35.4 Å². The average Bonchev–Trinajstić information content (AvgIpc) is 3.31. The number of thiophene rings is 1. The summed E-state index contributed by atoms with van der Waals surface area (Å²) in [7, 11) is 0. The van der Waals surface area contributed by atoms with Gasteiger partial charge in [0.1, 0.15) is 6.10 Å². The van der Waals surface area contributed by atoms with E-state index in [1.54, 1.807) is 23.5 Å². The molecule has 1 aromatic heterocycles. The molecule has 6 heteroatoms. The highest BCUT2D eigenvalue weighted by Crippen LogP contribution is 2.42. The molecule has 4 rings (SSSR count). The highest BCUT2D eigenvalue weighted by Gasteiger charge is 2.44. The largest absolute Gasteiger partial charge is 0.461 e. The maximum atomic E-state index is 11.8. The van der Waals surface area contributed by atoms with E-state index in [1.165, 1.54) is 38.3 Å². The molecule has 2 aromatic carbocycles. The number of carbonyl (C=O) groups is 1. The lowest BCUT2D eigenvalue weighted by Crippen LogP contribution is -2.49. The van der Waals surface area contributed by atoms with Crippen molar-refractivity contribution in [1.82, 2.24) is 0 Å². The van der Waals surface area contributed by atoms with Crippen molar-refractivity contribution in [3.8, 4) is 10.4 Å². The highest BCUT2D eigenvalue weighted by atomic mass is 32.2. The van der Waals surface area contributed by atoms with Gasteiger partial charge in [0.15, 0.2) is 0 Å². The Balaban J connectivity index is 1.58. The molecule has 0 amide bonds. The van der Waals surface area contributed by atoms with E-state index in [0.29, 0.717) is 0 Å². The van der Waals surface area contributed by atoms with Gasteiger partial charge >= 0.3 is 5.97 Å². The van der Waals surface area contributed by atoms with Crippen LogP contribution >= 0.6 is 34.9 Å². The first-order chi connectivity index (χ1) is 16.8. The number of rotatable bonds is 7. The summed E-state index contributed by atoms with van der Waals surface area (Å²) in [5.74, 6) is -0.0815. The van der Waals surface area contributed by atoms with Gasteiger partial charge < -0.3 is 9.47 Å². The van der Waals surface area contributed by atoms with Crippen molar-refractivity contribution in [3.05, 3.63) is 76.2 Å². The van der Waals surface area contributed by atoms with Crippen LogP contribution in [0.2, 0.25) is 0 Å². The van der Waals surface area contributed by atoms with E-state index in [1.807, 2.05) is 11.3 Å². The van der Waals surface area contributed by atoms with Crippen LogP contribution in [0.4, 0.5) is 0 Å². The van der Waals surface area contributed by atoms with Gasteiger partial charge in [0.05, 0.1) is 17.5 Å². The summed E-state index contributed by atoms with van der Waals surface area (Å²) in [5.41, 5.74) is 5.02. The monoisotopic (exact) mass is 526 g/mol. The zero-order valence-corrected chi connectivity index (χ0v) is 23.7. The Morgan fingerprint density at radius 1 is 1.06 bits per heavy atom. The van der Waals surface area contributed by atoms with Gasteiger partial charge in [-0.05, 0) is 72.9 Å². The molecule has 0 aliphatic carbocycles. The third-order valence-corrected chi connectivity index (χ3v) is 9.86. The van der Waals surface area contributed by atoms with Crippen LogP contribution in [0.25, 0.3) is 10.4 Å². The van der Waals surface area contributed by atoms with Crippen LogP contribution < -0.4 is 0 Å². The molecular weight excluding hydrogens is 493 g/mol. The number of carbonyl (C=O) groups excluding carboxylic acids is 1. The summed E-state index contributed by atoms with van der Waals surface area (Å²) >= 11 is 5.34. The van der Waals surface area contributed by atoms with Crippen molar-refractivity contribution in [1.29, 1.82) is 0 Å². The maximum absolute atomic E-state index is 11.8. The normalized spacial score (nSPS) is 24.3. The molecular formula is C29H34O3S3. The number of hydrogen-bond donors (Lipinski definition) is 0. The van der Waals surface area contributed by atoms with Crippen LogP contribution in [0.15, 0.2) is 59.5 Å². The van der Waals surface area contributed by atoms with Crippen LogP contribution in [0.3, 0.4) is 0 Å². The Labute approximate surface area is 222 Å². The molecule has 1 aliphatic heterocycles. The fourth-order valence-electron chi connectivity index (χ4n) is 4.69.